The van der Waals surface area contributed by atoms with Crippen LogP contribution < -0.4 is 5.32 Å². The van der Waals surface area contributed by atoms with Crippen molar-refractivity contribution in [1.29, 1.82) is 0 Å². The van der Waals surface area contributed by atoms with Crippen LogP contribution >= 0.6 is 22.9 Å². The van der Waals surface area contributed by atoms with E-state index in [2.05, 4.69) is 20.5 Å². The molecule has 1 N–H and O–H groups in total. The molecule has 2 aromatic heterocycles. The van der Waals surface area contributed by atoms with Crippen molar-refractivity contribution >= 4 is 34.0 Å². The van der Waals surface area contributed by atoms with Crippen LogP contribution in [0.25, 0.3) is 10.6 Å². The van der Waals surface area contributed by atoms with Crippen molar-refractivity contribution in [2.75, 3.05) is 5.32 Å². The Kier molecular flexibility index (Phi) is 4.26. The summed E-state index contributed by atoms with van der Waals surface area (Å²) in [5, 5.41) is 10.8. The summed E-state index contributed by atoms with van der Waals surface area (Å²) in [5.41, 5.74) is 0.607. The number of halogens is 3. The fourth-order valence-electron chi connectivity index (χ4n) is 1.75. The van der Waals surface area contributed by atoms with Gasteiger partial charge in [-0.25, -0.2) is 8.78 Å². The molecule has 0 aliphatic carbocycles. The van der Waals surface area contributed by atoms with Gasteiger partial charge in [-0.05, 0) is 24.3 Å². The largest absolute Gasteiger partial charge is 0.296 e. The van der Waals surface area contributed by atoms with Gasteiger partial charge in [-0.1, -0.05) is 22.9 Å². The van der Waals surface area contributed by atoms with Crippen molar-refractivity contribution in [3.63, 3.8) is 0 Å². The molecule has 0 atom stereocenters. The van der Waals surface area contributed by atoms with E-state index in [0.29, 0.717) is 5.01 Å². The van der Waals surface area contributed by atoms with E-state index in [1.165, 1.54) is 0 Å². The van der Waals surface area contributed by atoms with E-state index >= 15 is 0 Å². The average molecular weight is 353 g/mol. The Morgan fingerprint density at radius 1 is 1.13 bits per heavy atom. The van der Waals surface area contributed by atoms with Crippen LogP contribution in [-0.4, -0.2) is 21.1 Å². The predicted molar refractivity (Wildman–Crippen MR) is 82.5 cm³/mol. The molecule has 0 aliphatic heterocycles. The predicted octanol–water partition coefficient (Wildman–Crippen LogP) is 3.78. The number of pyridine rings is 1. The quantitative estimate of drug-likeness (QED) is 0.728. The molecule has 0 aliphatic rings. The Morgan fingerprint density at radius 2 is 1.83 bits per heavy atom. The molecule has 0 fully saturated rings. The summed E-state index contributed by atoms with van der Waals surface area (Å²) in [6.07, 6.45) is 3.21. The second-order valence-electron chi connectivity index (χ2n) is 4.35. The maximum Gasteiger partial charge on any atom is 0.259 e. The molecule has 0 saturated heterocycles. The first-order chi connectivity index (χ1) is 11.0. The molecular weight excluding hydrogens is 346 g/mol. The standard InChI is InChI=1S/C14H7ClF2N4OS/c15-9-6-11(17)10(16)5-8(9)12(22)19-14-21-20-13(23-14)7-1-3-18-4-2-7/h1-6H,(H,19,21,22). The molecule has 0 radical (unpaired) electrons. The lowest BCUT2D eigenvalue weighted by Crippen LogP contribution is -2.13. The van der Waals surface area contributed by atoms with Gasteiger partial charge >= 0.3 is 0 Å². The van der Waals surface area contributed by atoms with E-state index in [9.17, 15) is 13.6 Å². The number of hydrogen-bond donors (Lipinski definition) is 1. The van der Waals surface area contributed by atoms with Crippen molar-refractivity contribution in [3.05, 3.63) is 58.9 Å². The second kappa shape index (κ2) is 6.35. The lowest BCUT2D eigenvalue weighted by Gasteiger charge is -2.04. The zero-order valence-electron chi connectivity index (χ0n) is 11.3. The Morgan fingerprint density at radius 3 is 2.57 bits per heavy atom. The monoisotopic (exact) mass is 352 g/mol. The molecule has 3 rings (SSSR count). The number of benzene rings is 1. The summed E-state index contributed by atoms with van der Waals surface area (Å²) >= 11 is 6.89. The van der Waals surface area contributed by atoms with Crippen LogP contribution in [0.3, 0.4) is 0 Å². The number of aromatic nitrogens is 3. The molecule has 3 aromatic rings. The number of carbonyl (C=O) groups is 1. The summed E-state index contributed by atoms with van der Waals surface area (Å²) in [5.74, 6) is -2.98. The minimum atomic E-state index is -1.16. The summed E-state index contributed by atoms with van der Waals surface area (Å²) in [7, 11) is 0. The molecular formula is C14H7ClF2N4OS. The second-order valence-corrected chi connectivity index (χ2v) is 5.73. The zero-order valence-corrected chi connectivity index (χ0v) is 12.8. The maximum atomic E-state index is 13.2. The third kappa shape index (κ3) is 3.33. The highest BCUT2D eigenvalue weighted by molar-refractivity contribution is 7.18. The normalized spacial score (nSPS) is 10.6. The van der Waals surface area contributed by atoms with Gasteiger partial charge in [-0.3, -0.25) is 15.1 Å². The Bertz CT molecular complexity index is 872. The molecule has 0 unspecified atom stereocenters. The fourth-order valence-corrected chi connectivity index (χ4v) is 2.73. The van der Waals surface area contributed by atoms with Crippen LogP contribution in [0.2, 0.25) is 5.02 Å². The highest BCUT2D eigenvalue weighted by Gasteiger charge is 2.17. The van der Waals surface area contributed by atoms with Crippen LogP contribution in [0, 0.1) is 11.6 Å². The van der Waals surface area contributed by atoms with E-state index in [1.54, 1.807) is 24.5 Å². The van der Waals surface area contributed by atoms with Gasteiger partial charge in [0.25, 0.3) is 5.91 Å². The van der Waals surface area contributed by atoms with Gasteiger partial charge in [0.15, 0.2) is 11.6 Å². The van der Waals surface area contributed by atoms with Crippen LogP contribution in [-0.2, 0) is 0 Å². The summed E-state index contributed by atoms with van der Waals surface area (Å²) in [4.78, 5) is 16.0. The highest BCUT2D eigenvalue weighted by atomic mass is 35.5. The number of anilines is 1. The molecule has 23 heavy (non-hydrogen) atoms. The number of hydrogen-bond acceptors (Lipinski definition) is 5. The van der Waals surface area contributed by atoms with Gasteiger partial charge in [-0.2, -0.15) is 0 Å². The molecule has 0 spiro atoms. The van der Waals surface area contributed by atoms with E-state index in [0.717, 1.165) is 29.0 Å². The van der Waals surface area contributed by atoms with Crippen LogP contribution in [0.1, 0.15) is 10.4 Å². The third-order valence-electron chi connectivity index (χ3n) is 2.83. The van der Waals surface area contributed by atoms with E-state index < -0.39 is 17.5 Å². The first-order valence-electron chi connectivity index (χ1n) is 6.24. The minimum Gasteiger partial charge on any atom is -0.296 e. The van der Waals surface area contributed by atoms with E-state index in [1.807, 2.05) is 0 Å². The van der Waals surface area contributed by atoms with E-state index in [-0.39, 0.29) is 15.7 Å². The van der Waals surface area contributed by atoms with Crippen molar-refractivity contribution in [2.24, 2.45) is 0 Å². The Labute approximate surface area is 138 Å². The van der Waals surface area contributed by atoms with Crippen molar-refractivity contribution in [3.8, 4) is 10.6 Å². The molecule has 1 aromatic carbocycles. The number of carbonyl (C=O) groups excluding carboxylic acids is 1. The first-order valence-corrected chi connectivity index (χ1v) is 7.44. The van der Waals surface area contributed by atoms with Gasteiger partial charge in [0, 0.05) is 18.0 Å². The summed E-state index contributed by atoms with van der Waals surface area (Å²) < 4.78 is 26.3. The molecule has 5 nitrogen and oxygen atoms in total. The molecule has 116 valence electrons. The molecule has 1 amide bonds. The van der Waals surface area contributed by atoms with Crippen molar-refractivity contribution in [1.82, 2.24) is 15.2 Å². The summed E-state index contributed by atoms with van der Waals surface area (Å²) in [6.45, 7) is 0. The fraction of sp³-hybridized carbons (Fsp3) is 0. The van der Waals surface area contributed by atoms with Crippen LogP contribution in [0.5, 0.6) is 0 Å². The average Bonchev–Trinajstić information content (AvgIpc) is 3.00. The number of nitrogens with zero attached hydrogens (tertiary/aromatic N) is 3. The molecule has 0 saturated carbocycles. The van der Waals surface area contributed by atoms with E-state index in [4.69, 9.17) is 11.6 Å². The lowest BCUT2D eigenvalue weighted by atomic mass is 10.2. The molecule has 2 heterocycles. The first kappa shape index (κ1) is 15.4. The molecule has 9 heteroatoms. The number of rotatable bonds is 3. The van der Waals surface area contributed by atoms with Crippen LogP contribution in [0.4, 0.5) is 13.9 Å². The smallest absolute Gasteiger partial charge is 0.259 e. The SMILES string of the molecule is O=C(Nc1nnc(-c2ccncc2)s1)c1cc(F)c(F)cc1Cl. The lowest BCUT2D eigenvalue weighted by molar-refractivity contribution is 0.102. The van der Waals surface area contributed by atoms with Gasteiger partial charge in [0.05, 0.1) is 10.6 Å². The Hall–Kier alpha value is -2.45. The Balaban J connectivity index is 1.82. The topological polar surface area (TPSA) is 67.8 Å². The van der Waals surface area contributed by atoms with Gasteiger partial charge in [-0.15, -0.1) is 10.2 Å². The van der Waals surface area contributed by atoms with Gasteiger partial charge in [0.1, 0.15) is 5.01 Å². The maximum absolute atomic E-state index is 13.2. The summed E-state index contributed by atoms with van der Waals surface area (Å²) in [6, 6.07) is 4.97. The number of nitrogens with one attached hydrogen (secondary N) is 1. The van der Waals surface area contributed by atoms with Crippen LogP contribution in [0.15, 0.2) is 36.7 Å². The highest BCUT2D eigenvalue weighted by Crippen LogP contribution is 2.27. The number of amides is 1. The zero-order chi connectivity index (χ0) is 16.4. The minimum absolute atomic E-state index is 0.189. The van der Waals surface area contributed by atoms with Crippen molar-refractivity contribution in [2.45, 2.75) is 0 Å². The van der Waals surface area contributed by atoms with Gasteiger partial charge in [0.2, 0.25) is 5.13 Å². The van der Waals surface area contributed by atoms with Crippen molar-refractivity contribution < 1.29 is 13.6 Å². The molecule has 0 bridgehead atoms. The van der Waals surface area contributed by atoms with Gasteiger partial charge < -0.3 is 0 Å². The third-order valence-corrected chi connectivity index (χ3v) is 4.03.